The van der Waals surface area contributed by atoms with Crippen LogP contribution in [0.15, 0.2) is 30.9 Å². The van der Waals surface area contributed by atoms with Crippen LogP contribution in [0.1, 0.15) is 58.0 Å². The number of pyridine rings is 2. The van der Waals surface area contributed by atoms with E-state index in [-0.39, 0.29) is 18.6 Å². The van der Waals surface area contributed by atoms with Crippen LogP contribution in [0.2, 0.25) is 0 Å². The lowest BCUT2D eigenvalue weighted by Gasteiger charge is -2.12. The van der Waals surface area contributed by atoms with Crippen molar-refractivity contribution in [2.75, 3.05) is 0 Å². The molecule has 0 bridgehead atoms. The predicted molar refractivity (Wildman–Crippen MR) is 120 cm³/mol. The van der Waals surface area contributed by atoms with Crippen molar-refractivity contribution in [2.45, 2.75) is 68.2 Å². The molecule has 188 valence electrons. The maximum atomic E-state index is 12.4. The molecular weight excluding hydrogens is 458 g/mol. The van der Waals surface area contributed by atoms with Crippen molar-refractivity contribution >= 4 is 0 Å². The van der Waals surface area contributed by atoms with Gasteiger partial charge in [-0.05, 0) is 82.9 Å². The van der Waals surface area contributed by atoms with E-state index in [1.807, 2.05) is 19.2 Å². The maximum absolute atomic E-state index is 12.4. The van der Waals surface area contributed by atoms with Crippen LogP contribution in [0.25, 0.3) is 0 Å². The Morgan fingerprint density at radius 2 is 1.29 bits per heavy atom. The third-order valence-corrected chi connectivity index (χ3v) is 4.84. The van der Waals surface area contributed by atoms with Crippen LogP contribution in [0, 0.1) is 48.5 Å². The minimum atomic E-state index is -4.37. The molecule has 0 N–H and O–H groups in total. The molecule has 0 radical (unpaired) electrons. The summed E-state index contributed by atoms with van der Waals surface area (Å²) in [6.07, 6.45) is -4.78. The molecular formula is C24H30F6N4. The molecule has 10 heteroatoms. The van der Waals surface area contributed by atoms with Crippen LogP contribution in [0.3, 0.4) is 0 Å². The molecule has 0 aliphatic carbocycles. The lowest BCUT2D eigenvalue weighted by molar-refractivity contribution is -0.141. The van der Waals surface area contributed by atoms with Gasteiger partial charge in [0.15, 0.2) is 5.69 Å². The lowest BCUT2D eigenvalue weighted by Crippen LogP contribution is -2.10. The zero-order valence-corrected chi connectivity index (χ0v) is 19.4. The van der Waals surface area contributed by atoms with Crippen LogP contribution in [0.4, 0.5) is 26.3 Å². The molecule has 0 fully saturated rings. The third kappa shape index (κ3) is 9.07. The summed E-state index contributed by atoms with van der Waals surface area (Å²) >= 11 is 0. The van der Waals surface area contributed by atoms with Gasteiger partial charge in [-0.3, -0.25) is 9.97 Å². The monoisotopic (exact) mass is 488 g/mol. The summed E-state index contributed by atoms with van der Waals surface area (Å²) in [6.45, 7) is 12.1. The average molecular weight is 489 g/mol. The molecule has 4 nitrogen and oxygen atoms in total. The van der Waals surface area contributed by atoms with E-state index < -0.39 is 23.6 Å². The Morgan fingerprint density at radius 3 is 1.71 bits per heavy atom. The molecule has 0 aromatic carbocycles. The van der Waals surface area contributed by atoms with E-state index in [9.17, 15) is 26.3 Å². The van der Waals surface area contributed by atoms with Gasteiger partial charge in [-0.15, -0.1) is 0 Å². The van der Waals surface area contributed by atoms with Crippen LogP contribution in [-0.4, -0.2) is 19.9 Å². The average Bonchev–Trinajstić information content (AvgIpc) is 2.68. The highest BCUT2D eigenvalue weighted by molar-refractivity contribution is 5.32. The van der Waals surface area contributed by atoms with Gasteiger partial charge in [-0.25, -0.2) is 9.97 Å². The topological polar surface area (TPSA) is 51.6 Å². The van der Waals surface area contributed by atoms with Crippen LogP contribution in [-0.2, 0) is 12.4 Å². The fourth-order valence-corrected chi connectivity index (χ4v) is 2.65. The molecule has 3 aromatic heterocycles. The van der Waals surface area contributed by atoms with E-state index in [1.165, 1.54) is 25.0 Å². The molecule has 34 heavy (non-hydrogen) atoms. The van der Waals surface area contributed by atoms with Crippen molar-refractivity contribution in [2.24, 2.45) is 0 Å². The summed E-state index contributed by atoms with van der Waals surface area (Å²) in [4.78, 5) is 14.6. The second-order valence-corrected chi connectivity index (χ2v) is 7.41. The predicted octanol–water partition coefficient (Wildman–Crippen LogP) is 7.47. The second kappa shape index (κ2) is 12.4. The standard InChI is InChI=1S/C9H10F3N.C8H11N.C6H5F3N2.CH4/c1-5-4-8(9(10,11)12)6(2)7(3)13-5;1-6-4-5-9-8(3)7(6)2;1-4-2-10-3-11-5(4)6(7,8)9;/h4H,1-3H3;4-5H,1-3H3;2-3H,1H3;1H4. The van der Waals surface area contributed by atoms with Gasteiger partial charge in [0.2, 0.25) is 0 Å². The highest BCUT2D eigenvalue weighted by atomic mass is 19.4. The normalized spacial score (nSPS) is 10.9. The van der Waals surface area contributed by atoms with Gasteiger partial charge in [-0.2, -0.15) is 26.3 Å². The Balaban J connectivity index is 0.000000481. The molecule has 3 aromatic rings. The van der Waals surface area contributed by atoms with Crippen molar-refractivity contribution in [1.82, 2.24) is 19.9 Å². The van der Waals surface area contributed by atoms with E-state index >= 15 is 0 Å². The number of hydrogen-bond acceptors (Lipinski definition) is 4. The van der Waals surface area contributed by atoms with Crippen LogP contribution < -0.4 is 0 Å². The number of halogens is 6. The lowest BCUT2D eigenvalue weighted by atomic mass is 10.1. The fourth-order valence-electron chi connectivity index (χ4n) is 2.65. The highest BCUT2D eigenvalue weighted by Gasteiger charge is 2.34. The molecule has 0 unspecified atom stereocenters. The third-order valence-electron chi connectivity index (χ3n) is 4.84. The first kappa shape index (κ1) is 31.0. The van der Waals surface area contributed by atoms with Gasteiger partial charge in [0.25, 0.3) is 0 Å². The molecule has 0 spiro atoms. The molecule has 0 amide bonds. The maximum Gasteiger partial charge on any atom is 0.433 e. The van der Waals surface area contributed by atoms with Crippen molar-refractivity contribution in [3.63, 3.8) is 0 Å². The number of nitrogens with zero attached hydrogens (tertiary/aromatic N) is 4. The minimum Gasteiger partial charge on any atom is -0.261 e. The first-order valence-corrected chi connectivity index (χ1v) is 9.80. The van der Waals surface area contributed by atoms with Gasteiger partial charge >= 0.3 is 12.4 Å². The van der Waals surface area contributed by atoms with Crippen molar-refractivity contribution in [3.8, 4) is 0 Å². The van der Waals surface area contributed by atoms with Gasteiger partial charge in [0.05, 0.1) is 5.56 Å². The molecule has 3 rings (SSSR count). The second-order valence-electron chi connectivity index (χ2n) is 7.41. The first-order valence-electron chi connectivity index (χ1n) is 9.80. The summed E-state index contributed by atoms with van der Waals surface area (Å²) in [5, 5.41) is 0. The zero-order valence-electron chi connectivity index (χ0n) is 19.4. The van der Waals surface area contributed by atoms with Crippen molar-refractivity contribution in [1.29, 1.82) is 0 Å². The number of rotatable bonds is 0. The number of aryl methyl sites for hydroxylation is 5. The molecule has 0 atom stereocenters. The largest absolute Gasteiger partial charge is 0.433 e. The number of alkyl halides is 6. The van der Waals surface area contributed by atoms with Gasteiger partial charge in [0.1, 0.15) is 6.33 Å². The summed E-state index contributed by atoms with van der Waals surface area (Å²) in [6, 6.07) is 3.10. The quantitative estimate of drug-likeness (QED) is 0.308. The van der Waals surface area contributed by atoms with Crippen LogP contribution >= 0.6 is 0 Å². The van der Waals surface area contributed by atoms with Crippen molar-refractivity contribution in [3.05, 3.63) is 81.4 Å². The molecule has 3 heterocycles. The first-order chi connectivity index (χ1) is 15.1. The van der Waals surface area contributed by atoms with E-state index in [4.69, 9.17) is 0 Å². The summed E-state index contributed by atoms with van der Waals surface area (Å²) < 4.78 is 73.0. The SMILES string of the molecule is C.Cc1cc(C(F)(F)F)c(C)c(C)n1.Cc1ccnc(C)c1C.Cc1cncnc1C(F)(F)F. The van der Waals surface area contributed by atoms with Gasteiger partial charge in [-0.1, -0.05) is 7.43 Å². The highest BCUT2D eigenvalue weighted by Crippen LogP contribution is 2.32. The van der Waals surface area contributed by atoms with Crippen LogP contribution in [0.5, 0.6) is 0 Å². The van der Waals surface area contributed by atoms with Gasteiger partial charge in [0, 0.05) is 29.5 Å². The number of aromatic nitrogens is 4. The van der Waals surface area contributed by atoms with E-state index in [0.717, 1.165) is 24.3 Å². The summed E-state index contributed by atoms with van der Waals surface area (Å²) in [7, 11) is 0. The Labute approximate surface area is 196 Å². The Hall–Kier alpha value is -3.04. The smallest absolute Gasteiger partial charge is 0.261 e. The number of hydrogen-bond donors (Lipinski definition) is 0. The fraction of sp³-hybridized carbons (Fsp3) is 0.417. The van der Waals surface area contributed by atoms with Crippen molar-refractivity contribution < 1.29 is 26.3 Å². The summed E-state index contributed by atoms with van der Waals surface area (Å²) in [5.41, 5.74) is 3.39. The van der Waals surface area contributed by atoms with Gasteiger partial charge < -0.3 is 0 Å². The zero-order chi connectivity index (χ0) is 25.6. The Kier molecular flexibility index (Phi) is 11.3. The Bertz CT molecular complexity index is 1060. The molecule has 0 aliphatic heterocycles. The van der Waals surface area contributed by atoms with E-state index in [0.29, 0.717) is 11.4 Å². The molecule has 0 aliphatic rings. The van der Waals surface area contributed by atoms with E-state index in [1.54, 1.807) is 13.8 Å². The van der Waals surface area contributed by atoms with E-state index in [2.05, 4.69) is 33.8 Å². The summed E-state index contributed by atoms with van der Waals surface area (Å²) in [5.74, 6) is 0. The Morgan fingerprint density at radius 1 is 0.706 bits per heavy atom. The molecule has 0 saturated carbocycles. The molecule has 0 saturated heterocycles. The minimum absolute atomic E-state index is 0.